The van der Waals surface area contributed by atoms with Crippen molar-refractivity contribution in [3.8, 4) is 5.75 Å². The summed E-state index contributed by atoms with van der Waals surface area (Å²) in [5.74, 6) is 0.197. The third-order valence-electron chi connectivity index (χ3n) is 2.88. The molecule has 1 heterocycles. The van der Waals surface area contributed by atoms with E-state index in [2.05, 4.69) is 6.92 Å². The van der Waals surface area contributed by atoms with Crippen molar-refractivity contribution in [3.63, 3.8) is 0 Å². The van der Waals surface area contributed by atoms with Crippen LogP contribution in [0.4, 0.5) is 10.5 Å². The van der Waals surface area contributed by atoms with Gasteiger partial charge in [-0.2, -0.15) is 0 Å². The van der Waals surface area contributed by atoms with Crippen molar-refractivity contribution < 1.29 is 23.9 Å². The van der Waals surface area contributed by atoms with Crippen LogP contribution in [0.15, 0.2) is 24.3 Å². The first-order valence-corrected chi connectivity index (χ1v) is 6.34. The number of carbonyl (C=O) groups excluding carboxylic acids is 1. The maximum Gasteiger partial charge on any atom is 0.513 e. The van der Waals surface area contributed by atoms with Gasteiger partial charge in [0.15, 0.2) is 0 Å². The second-order valence-electron chi connectivity index (χ2n) is 4.42. The number of nitro groups is 1. The minimum absolute atomic E-state index is 0.0423. The lowest BCUT2D eigenvalue weighted by molar-refractivity contribution is -0.384. The lowest BCUT2D eigenvalue weighted by atomic mass is 10.2. The highest BCUT2D eigenvalue weighted by Gasteiger charge is 2.38. The van der Waals surface area contributed by atoms with E-state index in [0.29, 0.717) is 0 Å². The van der Waals surface area contributed by atoms with Crippen molar-refractivity contribution in [3.05, 3.63) is 34.4 Å². The van der Waals surface area contributed by atoms with Crippen LogP contribution in [0.3, 0.4) is 0 Å². The highest BCUT2D eigenvalue weighted by atomic mass is 16.7. The fourth-order valence-corrected chi connectivity index (χ4v) is 1.78. The highest BCUT2D eigenvalue weighted by Crippen LogP contribution is 2.26. The highest BCUT2D eigenvalue weighted by molar-refractivity contribution is 5.64. The summed E-state index contributed by atoms with van der Waals surface area (Å²) >= 11 is 0. The number of hydrogen-bond donors (Lipinski definition) is 0. The van der Waals surface area contributed by atoms with Gasteiger partial charge >= 0.3 is 6.16 Å². The quantitative estimate of drug-likeness (QED) is 0.262. The molecule has 0 amide bonds. The molecule has 108 valence electrons. The van der Waals surface area contributed by atoms with Crippen molar-refractivity contribution in [2.24, 2.45) is 0 Å². The SMILES string of the molecule is CCCC1OC1COC(=O)Oc1ccc([N+](=O)[O-])cc1. The predicted molar refractivity (Wildman–Crippen MR) is 68.6 cm³/mol. The van der Waals surface area contributed by atoms with Gasteiger partial charge in [0, 0.05) is 12.1 Å². The molecule has 2 unspecified atom stereocenters. The van der Waals surface area contributed by atoms with Crippen LogP contribution < -0.4 is 4.74 Å². The van der Waals surface area contributed by atoms with Crippen LogP contribution in [0.25, 0.3) is 0 Å². The molecule has 1 aromatic carbocycles. The second-order valence-corrected chi connectivity index (χ2v) is 4.42. The predicted octanol–water partition coefficient (Wildman–Crippen LogP) is 2.68. The smallest absolute Gasteiger partial charge is 0.431 e. The van der Waals surface area contributed by atoms with Gasteiger partial charge in [-0.15, -0.1) is 0 Å². The lowest BCUT2D eigenvalue weighted by Gasteiger charge is -2.04. The summed E-state index contributed by atoms with van der Waals surface area (Å²) in [6.07, 6.45) is 1.26. The zero-order chi connectivity index (χ0) is 14.5. The molecule has 0 N–H and O–H groups in total. The van der Waals surface area contributed by atoms with Gasteiger partial charge < -0.3 is 14.2 Å². The molecule has 0 bridgehead atoms. The number of non-ortho nitro benzene ring substituents is 1. The standard InChI is InChI=1S/C13H15NO6/c1-2-3-11-12(20-11)8-18-13(15)19-10-6-4-9(5-7-10)14(16)17/h4-7,11-12H,2-3,8H2,1H3. The average molecular weight is 281 g/mol. The number of epoxide rings is 1. The summed E-state index contributed by atoms with van der Waals surface area (Å²) in [5.41, 5.74) is -0.0699. The molecule has 1 aliphatic heterocycles. The van der Waals surface area contributed by atoms with Gasteiger partial charge in [-0.25, -0.2) is 4.79 Å². The molecule has 0 aromatic heterocycles. The summed E-state index contributed by atoms with van der Waals surface area (Å²) in [6, 6.07) is 5.19. The number of rotatable bonds is 6. The van der Waals surface area contributed by atoms with Gasteiger partial charge in [0.2, 0.25) is 0 Å². The first kappa shape index (κ1) is 14.3. The maximum atomic E-state index is 11.4. The summed E-state index contributed by atoms with van der Waals surface area (Å²) in [5, 5.41) is 10.5. The molecule has 0 saturated carbocycles. The van der Waals surface area contributed by atoms with E-state index in [1.807, 2.05) is 0 Å². The Hall–Kier alpha value is -2.15. The summed E-state index contributed by atoms with van der Waals surface area (Å²) in [6.45, 7) is 2.22. The molecule has 2 atom stereocenters. The van der Waals surface area contributed by atoms with Crippen LogP contribution in [-0.2, 0) is 9.47 Å². The zero-order valence-corrected chi connectivity index (χ0v) is 11.0. The molecule has 7 heteroatoms. The number of nitro benzene ring substituents is 1. The molecule has 1 aromatic rings. The Kier molecular flexibility index (Phi) is 4.52. The fraction of sp³-hybridized carbons (Fsp3) is 0.462. The number of nitrogens with zero attached hydrogens (tertiary/aromatic N) is 1. The van der Waals surface area contributed by atoms with E-state index in [9.17, 15) is 14.9 Å². The fourth-order valence-electron chi connectivity index (χ4n) is 1.78. The van der Waals surface area contributed by atoms with E-state index < -0.39 is 11.1 Å². The van der Waals surface area contributed by atoms with Crippen LogP contribution in [0.2, 0.25) is 0 Å². The first-order chi connectivity index (χ1) is 9.60. The van der Waals surface area contributed by atoms with Crippen LogP contribution in [-0.4, -0.2) is 29.9 Å². The van der Waals surface area contributed by atoms with Gasteiger partial charge in [0.25, 0.3) is 5.69 Å². The van der Waals surface area contributed by atoms with E-state index in [0.717, 1.165) is 12.8 Å². The van der Waals surface area contributed by atoms with Crippen LogP contribution >= 0.6 is 0 Å². The third kappa shape index (κ3) is 3.92. The van der Waals surface area contributed by atoms with Crippen LogP contribution in [0.5, 0.6) is 5.75 Å². The van der Waals surface area contributed by atoms with Gasteiger partial charge in [0.1, 0.15) is 18.5 Å². The summed E-state index contributed by atoms with van der Waals surface area (Å²) < 4.78 is 15.1. The van der Waals surface area contributed by atoms with Crippen molar-refractivity contribution in [2.75, 3.05) is 6.61 Å². The Morgan fingerprint density at radius 1 is 1.35 bits per heavy atom. The monoisotopic (exact) mass is 281 g/mol. The van der Waals surface area contributed by atoms with E-state index >= 15 is 0 Å². The van der Waals surface area contributed by atoms with Crippen molar-refractivity contribution in [1.82, 2.24) is 0 Å². The number of ether oxygens (including phenoxy) is 3. The van der Waals surface area contributed by atoms with Crippen molar-refractivity contribution >= 4 is 11.8 Å². The average Bonchev–Trinajstić information content (AvgIpc) is 3.16. The Bertz CT molecular complexity index is 486. The summed E-state index contributed by atoms with van der Waals surface area (Å²) in [7, 11) is 0. The number of hydrogen-bond acceptors (Lipinski definition) is 6. The minimum atomic E-state index is -0.843. The molecule has 1 fully saturated rings. The molecular weight excluding hydrogens is 266 g/mol. The zero-order valence-electron chi connectivity index (χ0n) is 11.0. The molecule has 0 spiro atoms. The topological polar surface area (TPSA) is 91.2 Å². The Labute approximate surface area is 115 Å². The Morgan fingerprint density at radius 3 is 2.65 bits per heavy atom. The largest absolute Gasteiger partial charge is 0.513 e. The van der Waals surface area contributed by atoms with Gasteiger partial charge in [0.05, 0.1) is 11.0 Å². The van der Waals surface area contributed by atoms with Crippen molar-refractivity contribution in [1.29, 1.82) is 0 Å². The molecule has 20 heavy (non-hydrogen) atoms. The molecule has 0 radical (unpaired) electrons. The van der Waals surface area contributed by atoms with Gasteiger partial charge in [-0.1, -0.05) is 13.3 Å². The molecule has 2 rings (SSSR count). The van der Waals surface area contributed by atoms with E-state index in [1.165, 1.54) is 24.3 Å². The normalized spacial score (nSPS) is 20.2. The second kappa shape index (κ2) is 6.33. The van der Waals surface area contributed by atoms with E-state index in [1.54, 1.807) is 0 Å². The van der Waals surface area contributed by atoms with Crippen LogP contribution in [0.1, 0.15) is 19.8 Å². The third-order valence-corrected chi connectivity index (χ3v) is 2.88. The molecular formula is C13H15NO6. The van der Waals surface area contributed by atoms with E-state index in [4.69, 9.17) is 14.2 Å². The number of carbonyl (C=O) groups is 1. The molecule has 0 aliphatic carbocycles. The Balaban J connectivity index is 1.73. The Morgan fingerprint density at radius 2 is 2.05 bits per heavy atom. The number of benzene rings is 1. The molecule has 7 nitrogen and oxygen atoms in total. The van der Waals surface area contributed by atoms with E-state index in [-0.39, 0.29) is 30.3 Å². The first-order valence-electron chi connectivity index (χ1n) is 6.34. The molecule has 1 saturated heterocycles. The van der Waals surface area contributed by atoms with Crippen molar-refractivity contribution in [2.45, 2.75) is 32.0 Å². The van der Waals surface area contributed by atoms with Gasteiger partial charge in [-0.05, 0) is 18.6 Å². The van der Waals surface area contributed by atoms with Crippen LogP contribution in [0, 0.1) is 10.1 Å². The summed E-state index contributed by atoms with van der Waals surface area (Å²) in [4.78, 5) is 21.3. The maximum absolute atomic E-state index is 11.4. The molecule has 1 aliphatic rings. The lowest BCUT2D eigenvalue weighted by Crippen LogP contribution is -2.15. The minimum Gasteiger partial charge on any atom is -0.431 e. The van der Waals surface area contributed by atoms with Gasteiger partial charge in [-0.3, -0.25) is 10.1 Å².